The first-order valence-corrected chi connectivity index (χ1v) is 11.8. The van der Waals surface area contributed by atoms with Crippen LogP contribution in [0.25, 0.3) is 0 Å². The summed E-state index contributed by atoms with van der Waals surface area (Å²) < 4.78 is 26.7. The lowest BCUT2D eigenvalue weighted by molar-refractivity contribution is 0.0939. The van der Waals surface area contributed by atoms with E-state index in [9.17, 15) is 13.2 Å². The quantitative estimate of drug-likeness (QED) is 0.742. The summed E-state index contributed by atoms with van der Waals surface area (Å²) in [6, 6.07) is 12.5. The summed E-state index contributed by atoms with van der Waals surface area (Å²) in [5.74, 6) is -0.106. The lowest BCUT2D eigenvalue weighted by Crippen LogP contribution is -2.30. The second-order valence-electron chi connectivity index (χ2n) is 7.54. The Morgan fingerprint density at radius 2 is 1.62 bits per heavy atom. The number of fused-ring (bicyclic) bond motifs is 1. The van der Waals surface area contributed by atoms with Crippen LogP contribution in [-0.2, 0) is 22.9 Å². The maximum Gasteiger partial charge on any atom is 0.251 e. The van der Waals surface area contributed by atoms with Gasteiger partial charge in [-0.2, -0.15) is 4.31 Å². The zero-order valence-corrected chi connectivity index (χ0v) is 18.3. The molecule has 1 amide bonds. The number of carbonyl (C=O) groups is 1. The predicted molar refractivity (Wildman–Crippen MR) is 116 cm³/mol. The van der Waals surface area contributed by atoms with Crippen molar-refractivity contribution >= 4 is 15.9 Å². The van der Waals surface area contributed by atoms with Crippen molar-refractivity contribution in [2.45, 2.75) is 57.4 Å². The largest absolute Gasteiger partial charge is 0.346 e. The number of hydrogen-bond acceptors (Lipinski definition) is 3. The summed E-state index contributed by atoms with van der Waals surface area (Å²) in [7, 11) is -3.47. The molecule has 0 radical (unpaired) electrons. The minimum absolute atomic E-state index is 0.106. The molecule has 5 nitrogen and oxygen atoms in total. The molecule has 0 spiro atoms. The summed E-state index contributed by atoms with van der Waals surface area (Å²) in [5.41, 5.74) is 4.18. The van der Waals surface area contributed by atoms with Gasteiger partial charge in [0.1, 0.15) is 0 Å². The van der Waals surface area contributed by atoms with Gasteiger partial charge < -0.3 is 5.32 Å². The number of benzene rings is 2. The van der Waals surface area contributed by atoms with Crippen molar-refractivity contribution in [2.24, 2.45) is 0 Å². The van der Waals surface area contributed by atoms with Gasteiger partial charge in [-0.05, 0) is 73.6 Å². The van der Waals surface area contributed by atoms with Crippen LogP contribution >= 0.6 is 0 Å². The van der Waals surface area contributed by atoms with E-state index < -0.39 is 10.0 Å². The molecule has 29 heavy (non-hydrogen) atoms. The van der Waals surface area contributed by atoms with Crippen LogP contribution in [-0.4, -0.2) is 31.7 Å². The lowest BCUT2D eigenvalue weighted by atomic mass is 9.90. The third-order valence-electron chi connectivity index (χ3n) is 5.68. The van der Waals surface area contributed by atoms with Crippen molar-refractivity contribution in [3.63, 3.8) is 0 Å². The Balaban J connectivity index is 1.71. The third-order valence-corrected chi connectivity index (χ3v) is 7.75. The monoisotopic (exact) mass is 414 g/mol. The molecule has 2 aromatic carbocycles. The molecule has 0 aromatic heterocycles. The molecule has 3 rings (SSSR count). The Morgan fingerprint density at radius 3 is 2.24 bits per heavy atom. The van der Waals surface area contributed by atoms with E-state index in [-0.39, 0.29) is 16.8 Å². The van der Waals surface area contributed by atoms with Crippen molar-refractivity contribution in [1.29, 1.82) is 0 Å². The number of carbonyl (C=O) groups excluding carboxylic acids is 1. The zero-order valence-electron chi connectivity index (χ0n) is 17.4. The molecule has 1 aliphatic carbocycles. The van der Waals surface area contributed by atoms with Crippen molar-refractivity contribution in [1.82, 2.24) is 9.62 Å². The number of rotatable bonds is 7. The second-order valence-corrected chi connectivity index (χ2v) is 9.48. The van der Waals surface area contributed by atoms with E-state index in [2.05, 4.69) is 11.4 Å². The van der Waals surface area contributed by atoms with Gasteiger partial charge in [0, 0.05) is 18.7 Å². The molecular formula is C23H30N2O3S. The summed E-state index contributed by atoms with van der Waals surface area (Å²) in [6.45, 7) is 6.44. The van der Waals surface area contributed by atoms with Crippen LogP contribution in [0, 0.1) is 0 Å². The fourth-order valence-electron chi connectivity index (χ4n) is 3.88. The van der Waals surface area contributed by atoms with Crippen LogP contribution in [0.2, 0.25) is 0 Å². The van der Waals surface area contributed by atoms with E-state index >= 15 is 0 Å². The van der Waals surface area contributed by atoms with E-state index in [1.54, 1.807) is 24.3 Å². The molecule has 1 N–H and O–H groups in total. The number of hydrogen-bond donors (Lipinski definition) is 1. The fraction of sp³-hybridized carbons (Fsp3) is 0.435. The minimum atomic E-state index is -3.47. The highest BCUT2D eigenvalue weighted by molar-refractivity contribution is 7.89. The van der Waals surface area contributed by atoms with Gasteiger partial charge >= 0.3 is 0 Å². The van der Waals surface area contributed by atoms with E-state index in [0.29, 0.717) is 18.7 Å². The molecule has 0 heterocycles. The van der Waals surface area contributed by atoms with Gasteiger partial charge in [-0.1, -0.05) is 32.0 Å². The van der Waals surface area contributed by atoms with Crippen molar-refractivity contribution < 1.29 is 13.2 Å². The minimum Gasteiger partial charge on any atom is -0.346 e. The highest BCUT2D eigenvalue weighted by Crippen LogP contribution is 2.23. The molecule has 0 saturated carbocycles. The first-order valence-electron chi connectivity index (χ1n) is 10.4. The first kappa shape index (κ1) is 21.5. The summed E-state index contributed by atoms with van der Waals surface area (Å²) in [5, 5.41) is 3.02. The molecule has 2 aromatic rings. The topological polar surface area (TPSA) is 66.5 Å². The Kier molecular flexibility index (Phi) is 6.75. The van der Waals surface area contributed by atoms with Gasteiger partial charge in [0.05, 0.1) is 10.9 Å². The average Bonchev–Trinajstić information content (AvgIpc) is 2.74. The number of sulfonamides is 1. The highest BCUT2D eigenvalue weighted by atomic mass is 32.2. The molecule has 1 aliphatic rings. The normalized spacial score (nSPS) is 15.0. The predicted octanol–water partition coefficient (Wildman–Crippen LogP) is 4.09. The van der Waals surface area contributed by atoms with Gasteiger partial charge in [0.15, 0.2) is 0 Å². The second kappa shape index (κ2) is 9.09. The molecule has 0 unspecified atom stereocenters. The number of nitrogens with zero attached hydrogens (tertiary/aromatic N) is 1. The highest BCUT2D eigenvalue weighted by Gasteiger charge is 2.22. The molecule has 6 heteroatoms. The van der Waals surface area contributed by atoms with Crippen LogP contribution in [0.1, 0.15) is 66.7 Å². The van der Waals surface area contributed by atoms with E-state index in [4.69, 9.17) is 0 Å². The zero-order chi connectivity index (χ0) is 21.0. The molecule has 0 bridgehead atoms. The van der Waals surface area contributed by atoms with Crippen LogP contribution in [0.15, 0.2) is 47.4 Å². The maximum absolute atomic E-state index is 12.7. The SMILES string of the molecule is CCN(CC)S(=O)(=O)c1ccc([C@H](C)NC(=O)c2ccc3c(c2)CCCC3)cc1. The van der Waals surface area contributed by atoms with E-state index in [0.717, 1.165) is 18.4 Å². The summed E-state index contributed by atoms with van der Waals surface area (Å²) in [6.07, 6.45) is 4.53. The van der Waals surface area contributed by atoms with E-state index in [1.165, 1.54) is 28.3 Å². The van der Waals surface area contributed by atoms with Crippen LogP contribution in [0.4, 0.5) is 0 Å². The third kappa shape index (κ3) is 4.70. The molecule has 156 valence electrons. The van der Waals surface area contributed by atoms with Gasteiger partial charge in [-0.3, -0.25) is 4.79 Å². The standard InChI is InChI=1S/C23H30N2O3S/c1-4-25(5-2)29(27,28)22-14-12-18(13-15-22)17(3)24-23(26)21-11-10-19-8-6-7-9-20(19)16-21/h10-17H,4-9H2,1-3H3,(H,24,26)/t17-/m0/s1. The molecule has 0 aliphatic heterocycles. The molecule has 0 fully saturated rings. The summed E-state index contributed by atoms with van der Waals surface area (Å²) >= 11 is 0. The smallest absolute Gasteiger partial charge is 0.251 e. The Hall–Kier alpha value is -2.18. The van der Waals surface area contributed by atoms with Gasteiger partial charge in [0.2, 0.25) is 10.0 Å². The van der Waals surface area contributed by atoms with Gasteiger partial charge in [-0.15, -0.1) is 0 Å². The molecular weight excluding hydrogens is 384 g/mol. The van der Waals surface area contributed by atoms with Crippen LogP contribution in [0.5, 0.6) is 0 Å². The van der Waals surface area contributed by atoms with Crippen molar-refractivity contribution in [2.75, 3.05) is 13.1 Å². The first-order chi connectivity index (χ1) is 13.9. The van der Waals surface area contributed by atoms with Crippen LogP contribution in [0.3, 0.4) is 0 Å². The maximum atomic E-state index is 12.7. The number of aryl methyl sites for hydroxylation is 2. The molecule has 0 saturated heterocycles. The van der Waals surface area contributed by atoms with Gasteiger partial charge in [0.25, 0.3) is 5.91 Å². The average molecular weight is 415 g/mol. The lowest BCUT2D eigenvalue weighted by Gasteiger charge is -2.20. The van der Waals surface area contributed by atoms with Crippen molar-refractivity contribution in [3.8, 4) is 0 Å². The van der Waals surface area contributed by atoms with E-state index in [1.807, 2.05) is 32.9 Å². The summed E-state index contributed by atoms with van der Waals surface area (Å²) in [4.78, 5) is 13.0. The van der Waals surface area contributed by atoms with Crippen LogP contribution < -0.4 is 5.32 Å². The van der Waals surface area contributed by atoms with Crippen molar-refractivity contribution in [3.05, 3.63) is 64.7 Å². The number of amides is 1. The Labute approximate surface area is 174 Å². The molecule has 1 atom stereocenters. The fourth-order valence-corrected chi connectivity index (χ4v) is 5.34. The Morgan fingerprint density at radius 1 is 1.00 bits per heavy atom. The van der Waals surface area contributed by atoms with Gasteiger partial charge in [-0.25, -0.2) is 8.42 Å². The number of nitrogens with one attached hydrogen (secondary N) is 1. The Bertz CT molecular complexity index is 964.